The Bertz CT molecular complexity index is 383. The van der Waals surface area contributed by atoms with E-state index in [1.165, 1.54) is 89.9 Å². The molecule has 0 aliphatic rings. The van der Waals surface area contributed by atoms with E-state index < -0.39 is 5.97 Å². The van der Waals surface area contributed by atoms with E-state index in [9.17, 15) is 4.79 Å². The molecule has 0 heterocycles. The molecular weight excluding hydrogens is 376 g/mol. The lowest BCUT2D eigenvalue weighted by Gasteiger charge is -2.23. The first-order valence-corrected chi connectivity index (χ1v) is 12.5. The highest BCUT2D eigenvalue weighted by atomic mass is 16.4. The molecule has 0 spiro atoms. The van der Waals surface area contributed by atoms with Crippen LogP contribution in [-0.2, 0) is 9.59 Å². The summed E-state index contributed by atoms with van der Waals surface area (Å²) < 4.78 is 0. The molecule has 0 aliphatic heterocycles. The molecular formula is C25H52N2O3. The zero-order chi connectivity index (χ0) is 23.0. The van der Waals surface area contributed by atoms with Crippen LogP contribution in [0.2, 0.25) is 0 Å². The van der Waals surface area contributed by atoms with Gasteiger partial charge in [0.05, 0.1) is 6.17 Å². The van der Waals surface area contributed by atoms with E-state index in [0.717, 1.165) is 19.8 Å². The maximum absolute atomic E-state index is 11.9. The second-order valence-electron chi connectivity index (χ2n) is 8.67. The molecule has 0 aromatic carbocycles. The van der Waals surface area contributed by atoms with E-state index in [0.29, 0.717) is 6.42 Å². The summed E-state index contributed by atoms with van der Waals surface area (Å²) in [4.78, 5) is 23.0. The van der Waals surface area contributed by atoms with Gasteiger partial charge in [-0.1, -0.05) is 104 Å². The van der Waals surface area contributed by atoms with Crippen LogP contribution in [0.5, 0.6) is 0 Å². The number of carbonyl (C=O) groups excluding carboxylic acids is 1. The number of hydrogen-bond acceptors (Lipinski definition) is 3. The van der Waals surface area contributed by atoms with Gasteiger partial charge in [0, 0.05) is 13.3 Å². The SMILES string of the molecule is CC(=O)O.CCCCCCCCCCCCCCCCCC(=O)NC(CC)N(C)C. The van der Waals surface area contributed by atoms with Gasteiger partial charge >= 0.3 is 0 Å². The van der Waals surface area contributed by atoms with E-state index >= 15 is 0 Å². The fraction of sp³-hybridized carbons (Fsp3) is 0.920. The number of rotatable bonds is 19. The van der Waals surface area contributed by atoms with Crippen LogP contribution >= 0.6 is 0 Å². The highest BCUT2D eigenvalue weighted by Crippen LogP contribution is 2.13. The molecule has 5 nitrogen and oxygen atoms in total. The molecule has 0 fully saturated rings. The number of carboxylic acids is 1. The highest BCUT2D eigenvalue weighted by Gasteiger charge is 2.11. The van der Waals surface area contributed by atoms with Crippen molar-refractivity contribution in [2.24, 2.45) is 0 Å². The van der Waals surface area contributed by atoms with Gasteiger partial charge in [-0.2, -0.15) is 0 Å². The van der Waals surface area contributed by atoms with E-state index in [1.807, 2.05) is 14.1 Å². The van der Waals surface area contributed by atoms with Crippen LogP contribution in [0.15, 0.2) is 0 Å². The van der Waals surface area contributed by atoms with Crippen LogP contribution in [0.1, 0.15) is 130 Å². The van der Waals surface area contributed by atoms with Crippen molar-refractivity contribution in [3.05, 3.63) is 0 Å². The Morgan fingerprint density at radius 2 is 1.07 bits per heavy atom. The standard InChI is InChI=1S/C23H48N2O.C2H4O2/c1-5-7-8-9-10-11-12-13-14-15-16-17-18-19-20-21-23(26)24-22(6-2)25(3)4;1-2(3)4/h22H,5-21H2,1-4H3,(H,24,26);1H3,(H,3,4). The molecule has 0 aromatic rings. The Morgan fingerprint density at radius 3 is 1.37 bits per heavy atom. The minimum Gasteiger partial charge on any atom is -0.481 e. The minimum atomic E-state index is -0.833. The summed E-state index contributed by atoms with van der Waals surface area (Å²) in [6.45, 7) is 5.48. The van der Waals surface area contributed by atoms with Gasteiger partial charge in [-0.3, -0.25) is 14.5 Å². The first kappa shape index (κ1) is 31.1. The third kappa shape index (κ3) is 26.9. The zero-order valence-electron chi connectivity index (χ0n) is 20.8. The van der Waals surface area contributed by atoms with Crippen molar-refractivity contribution in [3.63, 3.8) is 0 Å². The summed E-state index contributed by atoms with van der Waals surface area (Å²) >= 11 is 0. The number of amides is 1. The molecule has 1 amide bonds. The van der Waals surface area contributed by atoms with E-state index in [4.69, 9.17) is 9.90 Å². The summed E-state index contributed by atoms with van der Waals surface area (Å²) in [5.41, 5.74) is 0. The Hall–Kier alpha value is -1.10. The number of nitrogens with zero attached hydrogens (tertiary/aromatic N) is 1. The van der Waals surface area contributed by atoms with Crippen LogP contribution in [0.3, 0.4) is 0 Å². The van der Waals surface area contributed by atoms with Crippen LogP contribution in [0, 0.1) is 0 Å². The Labute approximate surface area is 187 Å². The predicted octanol–water partition coefficient (Wildman–Crippen LogP) is 6.75. The van der Waals surface area contributed by atoms with Gasteiger partial charge in [-0.15, -0.1) is 0 Å². The van der Waals surface area contributed by atoms with Crippen molar-refractivity contribution in [1.82, 2.24) is 10.2 Å². The first-order chi connectivity index (χ1) is 14.3. The third-order valence-electron chi connectivity index (χ3n) is 5.35. The number of unbranched alkanes of at least 4 members (excludes halogenated alkanes) is 14. The predicted molar refractivity (Wildman–Crippen MR) is 129 cm³/mol. The van der Waals surface area contributed by atoms with Crippen molar-refractivity contribution in [3.8, 4) is 0 Å². The van der Waals surface area contributed by atoms with Gasteiger partial charge in [-0.05, 0) is 26.9 Å². The fourth-order valence-electron chi connectivity index (χ4n) is 3.51. The average Bonchev–Trinajstić information content (AvgIpc) is 2.68. The van der Waals surface area contributed by atoms with Crippen LogP contribution in [-0.4, -0.2) is 42.1 Å². The van der Waals surface area contributed by atoms with Gasteiger partial charge in [0.2, 0.25) is 5.91 Å². The average molecular weight is 429 g/mol. The van der Waals surface area contributed by atoms with Crippen LogP contribution in [0.4, 0.5) is 0 Å². The normalized spacial score (nSPS) is 11.7. The van der Waals surface area contributed by atoms with Crippen molar-refractivity contribution < 1.29 is 14.7 Å². The van der Waals surface area contributed by atoms with Gasteiger partial charge < -0.3 is 10.4 Å². The Balaban J connectivity index is 0. The summed E-state index contributed by atoms with van der Waals surface area (Å²) in [6, 6.07) is 0. The molecule has 0 radical (unpaired) electrons. The lowest BCUT2D eigenvalue weighted by atomic mass is 10.0. The highest BCUT2D eigenvalue weighted by molar-refractivity contribution is 5.76. The number of nitrogens with one attached hydrogen (secondary N) is 1. The molecule has 5 heteroatoms. The summed E-state index contributed by atoms with van der Waals surface area (Å²) in [7, 11) is 4.03. The minimum absolute atomic E-state index is 0.179. The van der Waals surface area contributed by atoms with Crippen molar-refractivity contribution in [2.45, 2.75) is 136 Å². The summed E-state index contributed by atoms with van der Waals surface area (Å²) in [6.07, 6.45) is 22.3. The van der Waals surface area contributed by atoms with Crippen molar-refractivity contribution >= 4 is 11.9 Å². The number of carboxylic acid groups (broad SMARTS) is 1. The lowest BCUT2D eigenvalue weighted by Crippen LogP contribution is -2.44. The third-order valence-corrected chi connectivity index (χ3v) is 5.35. The maximum atomic E-state index is 11.9. The monoisotopic (exact) mass is 428 g/mol. The van der Waals surface area contributed by atoms with Crippen LogP contribution < -0.4 is 5.32 Å². The molecule has 0 saturated carbocycles. The second-order valence-corrected chi connectivity index (χ2v) is 8.67. The van der Waals surface area contributed by atoms with Crippen molar-refractivity contribution in [1.29, 1.82) is 0 Å². The van der Waals surface area contributed by atoms with Crippen molar-refractivity contribution in [2.75, 3.05) is 14.1 Å². The topological polar surface area (TPSA) is 69.6 Å². The number of hydrogen-bond donors (Lipinski definition) is 2. The molecule has 0 aromatic heterocycles. The smallest absolute Gasteiger partial charge is 0.300 e. The molecule has 0 rings (SSSR count). The van der Waals surface area contributed by atoms with E-state index in [-0.39, 0.29) is 12.1 Å². The molecule has 1 atom stereocenters. The largest absolute Gasteiger partial charge is 0.481 e. The quantitative estimate of drug-likeness (QED) is 0.176. The van der Waals surface area contributed by atoms with E-state index in [2.05, 4.69) is 24.1 Å². The number of aliphatic carboxylic acids is 1. The molecule has 0 aliphatic carbocycles. The summed E-state index contributed by atoms with van der Waals surface area (Å²) in [5, 5.41) is 10.5. The molecule has 0 bridgehead atoms. The molecule has 2 N–H and O–H groups in total. The Kier molecular flexibility index (Phi) is 25.0. The van der Waals surface area contributed by atoms with Gasteiger partial charge in [0.25, 0.3) is 5.97 Å². The van der Waals surface area contributed by atoms with Gasteiger partial charge in [-0.25, -0.2) is 0 Å². The molecule has 0 saturated heterocycles. The number of carbonyl (C=O) groups is 2. The van der Waals surface area contributed by atoms with E-state index in [1.54, 1.807) is 0 Å². The van der Waals surface area contributed by atoms with Gasteiger partial charge in [0.1, 0.15) is 0 Å². The molecule has 180 valence electrons. The maximum Gasteiger partial charge on any atom is 0.300 e. The first-order valence-electron chi connectivity index (χ1n) is 12.5. The second kappa shape index (κ2) is 24.2. The van der Waals surface area contributed by atoms with Gasteiger partial charge in [0.15, 0.2) is 0 Å². The summed E-state index contributed by atoms with van der Waals surface area (Å²) in [5.74, 6) is -0.625. The lowest BCUT2D eigenvalue weighted by molar-refractivity contribution is -0.134. The Morgan fingerprint density at radius 1 is 0.733 bits per heavy atom. The van der Waals surface area contributed by atoms with Crippen LogP contribution in [0.25, 0.3) is 0 Å². The fourth-order valence-corrected chi connectivity index (χ4v) is 3.51. The zero-order valence-corrected chi connectivity index (χ0v) is 20.8. The molecule has 1 unspecified atom stereocenters. The molecule has 30 heavy (non-hydrogen) atoms.